The summed E-state index contributed by atoms with van der Waals surface area (Å²) in [4.78, 5) is 25.7. The first-order chi connectivity index (χ1) is 11.9. The summed E-state index contributed by atoms with van der Waals surface area (Å²) in [5, 5.41) is 9.25. The molecule has 0 saturated carbocycles. The zero-order valence-electron chi connectivity index (χ0n) is 13.0. The molecule has 126 valence electrons. The molecule has 0 aliphatic carbocycles. The zero-order valence-corrected chi connectivity index (χ0v) is 14.7. The monoisotopic (exact) mass is 373 g/mol. The Labute approximate surface area is 153 Å². The van der Waals surface area contributed by atoms with Crippen LogP contribution in [0.1, 0.15) is 21.5 Å². The first-order valence-electron chi connectivity index (χ1n) is 7.24. The molecule has 0 bridgehead atoms. The van der Waals surface area contributed by atoms with Gasteiger partial charge in [-0.15, -0.1) is 0 Å². The summed E-state index contributed by atoms with van der Waals surface area (Å²) >= 11 is 6.40. The third-order valence-corrected chi connectivity index (χ3v) is 4.97. The Hall–Kier alpha value is -2.51. The minimum Gasteiger partial charge on any atom is -0.478 e. The Balaban J connectivity index is 1.95. The maximum atomic E-state index is 13.0. The second-order valence-corrected chi connectivity index (χ2v) is 7.05. The third-order valence-electron chi connectivity index (χ3n) is 3.67. The van der Waals surface area contributed by atoms with Crippen LogP contribution in [-0.4, -0.2) is 21.3 Å². The highest BCUT2D eigenvalue weighted by molar-refractivity contribution is 8.27. The molecule has 0 spiro atoms. The van der Waals surface area contributed by atoms with E-state index < -0.39 is 5.97 Å². The number of rotatable bonds is 3. The Kier molecular flexibility index (Phi) is 4.69. The van der Waals surface area contributed by atoms with E-state index in [-0.39, 0.29) is 17.3 Å². The van der Waals surface area contributed by atoms with Crippen LogP contribution < -0.4 is 4.90 Å². The fourth-order valence-corrected chi connectivity index (χ4v) is 3.68. The maximum absolute atomic E-state index is 13.0. The molecule has 2 aromatic rings. The van der Waals surface area contributed by atoms with Crippen molar-refractivity contribution in [2.24, 2.45) is 0 Å². The van der Waals surface area contributed by atoms with Crippen molar-refractivity contribution in [3.63, 3.8) is 0 Å². The van der Waals surface area contributed by atoms with E-state index in [1.165, 1.54) is 23.1 Å². The van der Waals surface area contributed by atoms with Crippen molar-refractivity contribution >= 4 is 51.9 Å². The number of nitrogens with zero attached hydrogens (tertiary/aromatic N) is 1. The van der Waals surface area contributed by atoms with Crippen LogP contribution in [-0.2, 0) is 4.79 Å². The fourth-order valence-electron chi connectivity index (χ4n) is 2.38. The SMILES string of the molecule is Cc1ccc(N2C(=O)/C(=C/c3ccc(F)cc3)SC2=S)cc1C(=O)O. The summed E-state index contributed by atoms with van der Waals surface area (Å²) < 4.78 is 13.3. The second-order valence-electron chi connectivity index (χ2n) is 5.37. The number of hydrogen-bond donors (Lipinski definition) is 1. The number of carbonyl (C=O) groups excluding carboxylic acids is 1. The molecule has 1 saturated heterocycles. The number of thiocarbonyl (C=S) groups is 1. The van der Waals surface area contributed by atoms with Crippen molar-refractivity contribution in [2.75, 3.05) is 4.90 Å². The summed E-state index contributed by atoms with van der Waals surface area (Å²) in [5.41, 5.74) is 1.81. The Morgan fingerprint density at radius 3 is 2.56 bits per heavy atom. The van der Waals surface area contributed by atoms with Gasteiger partial charge in [0.25, 0.3) is 5.91 Å². The number of halogens is 1. The predicted octanol–water partition coefficient (Wildman–Crippen LogP) is 4.24. The highest BCUT2D eigenvalue weighted by Gasteiger charge is 2.33. The standard InChI is InChI=1S/C18H12FNO3S2/c1-10-2-7-13(9-14(10)17(22)23)20-16(21)15(25-18(20)24)8-11-3-5-12(19)6-4-11/h2-9H,1H3,(H,22,23)/b15-8-. The molecular formula is C18H12FNO3S2. The van der Waals surface area contributed by atoms with Crippen molar-refractivity contribution in [3.05, 3.63) is 69.9 Å². The lowest BCUT2D eigenvalue weighted by molar-refractivity contribution is -0.113. The van der Waals surface area contributed by atoms with Crippen molar-refractivity contribution in [1.82, 2.24) is 0 Å². The molecule has 0 unspecified atom stereocenters. The van der Waals surface area contributed by atoms with Crippen molar-refractivity contribution < 1.29 is 19.1 Å². The molecule has 1 heterocycles. The van der Waals surface area contributed by atoms with E-state index >= 15 is 0 Å². The molecule has 4 nitrogen and oxygen atoms in total. The van der Waals surface area contributed by atoms with E-state index in [1.54, 1.807) is 37.3 Å². The van der Waals surface area contributed by atoms with Gasteiger partial charge in [-0.3, -0.25) is 9.69 Å². The highest BCUT2D eigenvalue weighted by Crippen LogP contribution is 2.36. The highest BCUT2D eigenvalue weighted by atomic mass is 32.2. The smallest absolute Gasteiger partial charge is 0.336 e. The van der Waals surface area contributed by atoms with Gasteiger partial charge < -0.3 is 5.11 Å². The molecule has 25 heavy (non-hydrogen) atoms. The number of benzene rings is 2. The lowest BCUT2D eigenvalue weighted by Gasteiger charge is -2.15. The van der Waals surface area contributed by atoms with Crippen LogP contribution in [0.15, 0.2) is 47.4 Å². The normalized spacial score (nSPS) is 15.9. The lowest BCUT2D eigenvalue weighted by Crippen LogP contribution is -2.27. The van der Waals surface area contributed by atoms with Gasteiger partial charge in [-0.05, 0) is 48.4 Å². The summed E-state index contributed by atoms with van der Waals surface area (Å²) in [5.74, 6) is -1.75. The lowest BCUT2D eigenvalue weighted by atomic mass is 10.1. The number of carboxylic acid groups (broad SMARTS) is 1. The van der Waals surface area contributed by atoms with Gasteiger partial charge in [-0.1, -0.05) is 42.2 Å². The van der Waals surface area contributed by atoms with Gasteiger partial charge in [0, 0.05) is 0 Å². The Bertz CT molecular complexity index is 922. The Morgan fingerprint density at radius 2 is 1.92 bits per heavy atom. The number of thioether (sulfide) groups is 1. The van der Waals surface area contributed by atoms with Crippen LogP contribution in [0.4, 0.5) is 10.1 Å². The topological polar surface area (TPSA) is 57.6 Å². The average Bonchev–Trinajstić information content (AvgIpc) is 2.84. The van der Waals surface area contributed by atoms with E-state index in [9.17, 15) is 19.1 Å². The van der Waals surface area contributed by atoms with Crippen LogP contribution in [0, 0.1) is 12.7 Å². The third kappa shape index (κ3) is 3.47. The molecule has 0 radical (unpaired) electrons. The maximum Gasteiger partial charge on any atom is 0.336 e. The first-order valence-corrected chi connectivity index (χ1v) is 8.47. The predicted molar refractivity (Wildman–Crippen MR) is 100 cm³/mol. The summed E-state index contributed by atoms with van der Waals surface area (Å²) in [6.07, 6.45) is 1.63. The fraction of sp³-hybridized carbons (Fsp3) is 0.0556. The van der Waals surface area contributed by atoms with Gasteiger partial charge in [-0.2, -0.15) is 0 Å². The van der Waals surface area contributed by atoms with Gasteiger partial charge in [0.1, 0.15) is 5.82 Å². The first kappa shape index (κ1) is 17.3. The molecule has 7 heteroatoms. The van der Waals surface area contributed by atoms with E-state index in [4.69, 9.17) is 12.2 Å². The molecule has 0 atom stereocenters. The van der Waals surface area contributed by atoms with E-state index in [1.807, 2.05) is 0 Å². The minimum absolute atomic E-state index is 0.120. The number of amides is 1. The number of anilines is 1. The summed E-state index contributed by atoms with van der Waals surface area (Å²) in [7, 11) is 0. The van der Waals surface area contributed by atoms with E-state index in [2.05, 4.69) is 0 Å². The molecular weight excluding hydrogens is 361 g/mol. The largest absolute Gasteiger partial charge is 0.478 e. The molecule has 3 rings (SSSR count). The molecule has 1 fully saturated rings. The van der Waals surface area contributed by atoms with Gasteiger partial charge >= 0.3 is 5.97 Å². The molecule has 1 N–H and O–H groups in total. The van der Waals surface area contributed by atoms with Gasteiger partial charge in [0.2, 0.25) is 0 Å². The van der Waals surface area contributed by atoms with Crippen LogP contribution in [0.5, 0.6) is 0 Å². The molecule has 1 amide bonds. The van der Waals surface area contributed by atoms with Gasteiger partial charge in [-0.25, -0.2) is 9.18 Å². The molecule has 2 aromatic carbocycles. The van der Waals surface area contributed by atoms with Crippen LogP contribution in [0.3, 0.4) is 0 Å². The summed E-state index contributed by atoms with van der Waals surface area (Å²) in [6.45, 7) is 1.69. The average molecular weight is 373 g/mol. The van der Waals surface area contributed by atoms with E-state index in [0.29, 0.717) is 26.0 Å². The second kappa shape index (κ2) is 6.78. The van der Waals surface area contributed by atoms with Crippen molar-refractivity contribution in [1.29, 1.82) is 0 Å². The van der Waals surface area contributed by atoms with Crippen molar-refractivity contribution in [2.45, 2.75) is 6.92 Å². The molecule has 1 aliphatic heterocycles. The van der Waals surface area contributed by atoms with Crippen LogP contribution in [0.2, 0.25) is 0 Å². The molecule has 1 aliphatic rings. The summed E-state index contributed by atoms with van der Waals surface area (Å²) in [6, 6.07) is 10.5. The number of aromatic carboxylic acids is 1. The quantitative estimate of drug-likeness (QED) is 0.644. The van der Waals surface area contributed by atoms with E-state index in [0.717, 1.165) is 11.8 Å². The van der Waals surface area contributed by atoms with Crippen molar-refractivity contribution in [3.8, 4) is 0 Å². The van der Waals surface area contributed by atoms with Crippen LogP contribution in [0.25, 0.3) is 6.08 Å². The van der Waals surface area contributed by atoms with Crippen LogP contribution >= 0.6 is 24.0 Å². The van der Waals surface area contributed by atoms with Gasteiger partial charge in [0.05, 0.1) is 16.2 Å². The minimum atomic E-state index is -1.06. The zero-order chi connectivity index (χ0) is 18.1. The number of carbonyl (C=O) groups is 2. The Morgan fingerprint density at radius 1 is 1.24 bits per heavy atom. The van der Waals surface area contributed by atoms with Gasteiger partial charge in [0.15, 0.2) is 4.32 Å². The number of carboxylic acids is 1. The number of hydrogen-bond acceptors (Lipinski definition) is 4. The number of aryl methyl sites for hydroxylation is 1. The molecule has 0 aromatic heterocycles.